The summed E-state index contributed by atoms with van der Waals surface area (Å²) >= 11 is 0. The molecule has 0 unspecified atom stereocenters. The minimum Gasteiger partial charge on any atom is -0.284 e. The monoisotopic (exact) mass is 482 g/mol. The molecular weight excluding hydrogens is 450 g/mol. The molecule has 0 aromatic heterocycles. The maximum absolute atomic E-state index is 4.16. The van der Waals surface area contributed by atoms with Crippen LogP contribution in [0.1, 0.15) is 25.7 Å². The van der Waals surface area contributed by atoms with Crippen molar-refractivity contribution < 1.29 is 0 Å². The normalized spacial score (nSPS) is 18.3. The van der Waals surface area contributed by atoms with Crippen LogP contribution in [0.15, 0.2) is 121 Å². The van der Waals surface area contributed by atoms with Gasteiger partial charge in [0.1, 0.15) is 0 Å². The van der Waals surface area contributed by atoms with Crippen LogP contribution in [0.3, 0.4) is 0 Å². The van der Waals surface area contributed by atoms with Crippen LogP contribution in [0.25, 0.3) is 0 Å². The lowest BCUT2D eigenvalue weighted by Gasteiger charge is -2.38. The molecule has 0 aliphatic heterocycles. The largest absolute Gasteiger partial charge is 0.284 e. The SMILES string of the molecule is c1ccc(P(N[C@H]2CCCC[C@@H]2NP(c2ccccc2)c2ccccc2)c2ccccc2)cc1. The summed E-state index contributed by atoms with van der Waals surface area (Å²) in [6.07, 6.45) is 5.00. The molecule has 172 valence electrons. The second kappa shape index (κ2) is 11.9. The molecule has 2 nitrogen and oxygen atoms in total. The third kappa shape index (κ3) is 5.83. The molecule has 5 rings (SSSR count). The zero-order chi connectivity index (χ0) is 23.0. The lowest BCUT2D eigenvalue weighted by molar-refractivity contribution is 0.351. The third-order valence-electron chi connectivity index (χ3n) is 6.41. The van der Waals surface area contributed by atoms with Gasteiger partial charge in [-0.1, -0.05) is 134 Å². The molecule has 1 aliphatic rings. The highest BCUT2D eigenvalue weighted by molar-refractivity contribution is 7.71. The number of nitrogens with one attached hydrogen (secondary N) is 2. The Morgan fingerprint density at radius 2 is 0.676 bits per heavy atom. The quantitative estimate of drug-likeness (QED) is 0.321. The van der Waals surface area contributed by atoms with Gasteiger partial charge in [0.05, 0.1) is 0 Å². The molecule has 0 amide bonds. The first-order valence-corrected chi connectivity index (χ1v) is 14.9. The summed E-state index contributed by atoms with van der Waals surface area (Å²) in [5.41, 5.74) is 0. The van der Waals surface area contributed by atoms with Crippen LogP contribution in [0, 0.1) is 0 Å². The first-order valence-electron chi connectivity index (χ1n) is 12.2. The highest BCUT2D eigenvalue weighted by Gasteiger charge is 2.30. The van der Waals surface area contributed by atoms with Crippen LogP contribution in [0.2, 0.25) is 0 Å². The highest BCUT2D eigenvalue weighted by Crippen LogP contribution is 2.36. The molecule has 0 heterocycles. The predicted molar refractivity (Wildman–Crippen MR) is 150 cm³/mol. The molecule has 1 fully saturated rings. The van der Waals surface area contributed by atoms with E-state index in [1.165, 1.54) is 46.9 Å². The highest BCUT2D eigenvalue weighted by atomic mass is 31.1. The van der Waals surface area contributed by atoms with Crippen molar-refractivity contribution in [1.29, 1.82) is 0 Å². The van der Waals surface area contributed by atoms with Crippen molar-refractivity contribution in [3.63, 3.8) is 0 Å². The van der Waals surface area contributed by atoms with Crippen molar-refractivity contribution in [2.24, 2.45) is 0 Å². The minimum atomic E-state index is -0.617. The average molecular weight is 483 g/mol. The summed E-state index contributed by atoms with van der Waals surface area (Å²) < 4.78 is 0. The molecule has 2 N–H and O–H groups in total. The van der Waals surface area contributed by atoms with Crippen LogP contribution < -0.4 is 31.4 Å². The van der Waals surface area contributed by atoms with Crippen molar-refractivity contribution in [1.82, 2.24) is 10.2 Å². The van der Waals surface area contributed by atoms with Crippen molar-refractivity contribution in [3.8, 4) is 0 Å². The maximum Gasteiger partial charge on any atom is 0.0266 e. The Morgan fingerprint density at radius 1 is 0.412 bits per heavy atom. The Hall–Kier alpha value is -2.34. The van der Waals surface area contributed by atoms with Crippen LogP contribution >= 0.6 is 16.1 Å². The van der Waals surface area contributed by atoms with E-state index in [4.69, 9.17) is 0 Å². The number of hydrogen-bond acceptors (Lipinski definition) is 2. The van der Waals surface area contributed by atoms with E-state index >= 15 is 0 Å². The van der Waals surface area contributed by atoms with E-state index in [9.17, 15) is 0 Å². The van der Waals surface area contributed by atoms with Gasteiger partial charge in [-0.05, 0) is 34.1 Å². The van der Waals surface area contributed by atoms with Crippen molar-refractivity contribution in [2.45, 2.75) is 37.8 Å². The van der Waals surface area contributed by atoms with Gasteiger partial charge in [-0.3, -0.25) is 10.2 Å². The van der Waals surface area contributed by atoms with Gasteiger partial charge in [0.25, 0.3) is 0 Å². The molecule has 2 atom stereocenters. The molecule has 34 heavy (non-hydrogen) atoms. The predicted octanol–water partition coefficient (Wildman–Crippen LogP) is 5.57. The van der Waals surface area contributed by atoms with Crippen LogP contribution in [0.5, 0.6) is 0 Å². The van der Waals surface area contributed by atoms with Crippen molar-refractivity contribution >= 4 is 37.4 Å². The zero-order valence-electron chi connectivity index (χ0n) is 19.4. The van der Waals surface area contributed by atoms with E-state index < -0.39 is 16.1 Å². The fourth-order valence-corrected chi connectivity index (χ4v) is 9.03. The standard InChI is InChI=1S/C30H32N2P2/c1-5-15-25(16-6-1)33(26-17-7-2-8-18-26)31-29-23-13-14-24-30(29)32-34(27-19-9-3-10-20-27)28-21-11-4-12-22-28/h1-12,15-22,29-32H,13-14,23-24H2/t29-,30-/m0/s1. The molecule has 0 spiro atoms. The average Bonchev–Trinajstić information content (AvgIpc) is 2.93. The number of rotatable bonds is 8. The van der Waals surface area contributed by atoms with Gasteiger partial charge in [0.2, 0.25) is 0 Å². The fraction of sp³-hybridized carbons (Fsp3) is 0.200. The fourth-order valence-electron chi connectivity index (χ4n) is 4.68. The molecule has 1 saturated carbocycles. The summed E-state index contributed by atoms with van der Waals surface area (Å²) in [4.78, 5) is 0. The second-order valence-corrected chi connectivity index (χ2v) is 12.7. The Bertz CT molecular complexity index is 952. The van der Waals surface area contributed by atoms with Gasteiger partial charge in [-0.15, -0.1) is 0 Å². The molecule has 0 radical (unpaired) electrons. The van der Waals surface area contributed by atoms with Gasteiger partial charge in [-0.2, -0.15) is 0 Å². The van der Waals surface area contributed by atoms with Crippen molar-refractivity contribution in [3.05, 3.63) is 121 Å². The van der Waals surface area contributed by atoms with Crippen LogP contribution in [-0.4, -0.2) is 12.1 Å². The Morgan fingerprint density at radius 3 is 0.941 bits per heavy atom. The van der Waals surface area contributed by atoms with Gasteiger partial charge >= 0.3 is 0 Å². The zero-order valence-corrected chi connectivity index (χ0v) is 21.2. The molecule has 1 aliphatic carbocycles. The van der Waals surface area contributed by atoms with Gasteiger partial charge in [-0.25, -0.2) is 0 Å². The summed E-state index contributed by atoms with van der Waals surface area (Å²) in [5.74, 6) is 0. The summed E-state index contributed by atoms with van der Waals surface area (Å²) in [5, 5.41) is 13.9. The molecule has 4 aromatic carbocycles. The smallest absolute Gasteiger partial charge is 0.0266 e. The van der Waals surface area contributed by atoms with Gasteiger partial charge in [0.15, 0.2) is 0 Å². The van der Waals surface area contributed by atoms with Crippen LogP contribution in [0.4, 0.5) is 0 Å². The Labute approximate surface area is 206 Å². The number of benzene rings is 4. The Kier molecular flexibility index (Phi) is 8.17. The van der Waals surface area contributed by atoms with Gasteiger partial charge < -0.3 is 0 Å². The topological polar surface area (TPSA) is 24.1 Å². The molecule has 4 heteroatoms. The molecule has 0 saturated heterocycles. The van der Waals surface area contributed by atoms with E-state index in [1.807, 2.05) is 0 Å². The third-order valence-corrected chi connectivity index (χ3v) is 10.9. The molecular formula is C30H32N2P2. The van der Waals surface area contributed by atoms with Crippen molar-refractivity contribution in [2.75, 3.05) is 0 Å². The second-order valence-electron chi connectivity index (χ2n) is 8.77. The first kappa shape index (κ1) is 23.4. The van der Waals surface area contributed by atoms with Crippen LogP contribution in [-0.2, 0) is 0 Å². The van der Waals surface area contributed by atoms with E-state index in [2.05, 4.69) is 132 Å². The van der Waals surface area contributed by atoms with E-state index in [-0.39, 0.29) is 0 Å². The minimum absolute atomic E-state index is 0.442. The van der Waals surface area contributed by atoms with E-state index in [0.717, 1.165) is 0 Å². The summed E-state index contributed by atoms with van der Waals surface area (Å²) in [6.45, 7) is 0. The Balaban J connectivity index is 1.43. The summed E-state index contributed by atoms with van der Waals surface area (Å²) in [7, 11) is -1.23. The lowest BCUT2D eigenvalue weighted by Crippen LogP contribution is -2.49. The molecule has 4 aromatic rings. The number of hydrogen-bond donors (Lipinski definition) is 2. The lowest BCUT2D eigenvalue weighted by atomic mass is 9.92. The van der Waals surface area contributed by atoms with E-state index in [0.29, 0.717) is 12.1 Å². The first-order chi connectivity index (χ1) is 16.9. The maximum atomic E-state index is 4.16. The molecule has 0 bridgehead atoms. The van der Waals surface area contributed by atoms with Gasteiger partial charge in [0, 0.05) is 28.2 Å². The summed E-state index contributed by atoms with van der Waals surface area (Å²) in [6, 6.07) is 44.8. The van der Waals surface area contributed by atoms with E-state index in [1.54, 1.807) is 0 Å².